The number of nitrogens with one attached hydrogen (secondary N) is 2. The summed E-state index contributed by atoms with van der Waals surface area (Å²) in [6, 6.07) is 8.21. The number of aromatic nitrogens is 3. The summed E-state index contributed by atoms with van der Waals surface area (Å²) in [6.07, 6.45) is 5.36. The lowest BCUT2D eigenvalue weighted by atomic mass is 9.80. The van der Waals surface area contributed by atoms with Crippen molar-refractivity contribution in [3.8, 4) is 6.07 Å². The van der Waals surface area contributed by atoms with Crippen LogP contribution in [-0.2, 0) is 15.0 Å². The number of hydrogen-bond donors (Lipinski definition) is 2. The van der Waals surface area contributed by atoms with E-state index in [2.05, 4.69) is 27.0 Å². The predicted molar refractivity (Wildman–Crippen MR) is 131 cm³/mol. The van der Waals surface area contributed by atoms with Gasteiger partial charge < -0.3 is 15.5 Å². The molecule has 10 heteroatoms. The maximum absolute atomic E-state index is 13.9. The number of para-hydroxylation sites is 1. The van der Waals surface area contributed by atoms with Gasteiger partial charge in [-0.05, 0) is 42.7 Å². The van der Waals surface area contributed by atoms with Crippen molar-refractivity contribution in [2.24, 2.45) is 5.41 Å². The van der Waals surface area contributed by atoms with Crippen molar-refractivity contribution >= 4 is 23.4 Å². The summed E-state index contributed by atoms with van der Waals surface area (Å²) < 4.78 is 1.71. The molecule has 3 atom stereocenters. The Balaban J connectivity index is 1.39. The molecule has 0 unspecified atom stereocenters. The van der Waals surface area contributed by atoms with Crippen LogP contribution in [0.5, 0.6) is 0 Å². The SMILES string of the molecule is CC(C)(C)C[C@H](NC(=O)c1cn(C2CCC2)nn1)C(=O)N1C[C@]2(C[C@H]1C#N)C(=O)Nc1ccccc12. The van der Waals surface area contributed by atoms with Gasteiger partial charge in [0.05, 0.1) is 23.7 Å². The second kappa shape index (κ2) is 8.73. The Kier molecular flexibility index (Phi) is 5.81. The Bertz CT molecular complexity index is 1250. The van der Waals surface area contributed by atoms with E-state index in [-0.39, 0.29) is 41.9 Å². The molecule has 3 aliphatic rings. The minimum Gasteiger partial charge on any atom is -0.339 e. The van der Waals surface area contributed by atoms with Gasteiger partial charge in [0.2, 0.25) is 11.8 Å². The van der Waals surface area contributed by atoms with E-state index in [1.165, 1.54) is 4.90 Å². The van der Waals surface area contributed by atoms with Gasteiger partial charge in [-0.2, -0.15) is 5.26 Å². The standard InChI is InChI=1S/C26H31N7O3/c1-25(2,3)12-20(28-22(34)21-14-33(31-30-21)16-7-6-8-16)23(35)32-15-26(11-17(32)13-27)18-9-4-5-10-19(18)29-24(26)36/h4-5,9-10,14,16-17,20H,6-8,11-12,15H2,1-3H3,(H,28,34)(H,29,36)/t17-,20-,26-/m0/s1. The summed E-state index contributed by atoms with van der Waals surface area (Å²) in [6.45, 7) is 6.04. The van der Waals surface area contributed by atoms with Crippen molar-refractivity contribution < 1.29 is 14.4 Å². The summed E-state index contributed by atoms with van der Waals surface area (Å²) in [7, 11) is 0. The highest BCUT2D eigenvalue weighted by molar-refractivity contribution is 6.07. The van der Waals surface area contributed by atoms with Crippen molar-refractivity contribution in [2.45, 2.75) is 76.4 Å². The third kappa shape index (κ3) is 4.12. The first-order valence-corrected chi connectivity index (χ1v) is 12.4. The molecule has 3 amide bonds. The van der Waals surface area contributed by atoms with E-state index in [0.29, 0.717) is 12.1 Å². The van der Waals surface area contributed by atoms with E-state index < -0.39 is 23.4 Å². The van der Waals surface area contributed by atoms with Gasteiger partial charge >= 0.3 is 0 Å². The second-order valence-electron chi connectivity index (χ2n) is 11.4. The number of carbonyl (C=O) groups is 3. The smallest absolute Gasteiger partial charge is 0.274 e. The number of nitriles is 1. The van der Waals surface area contributed by atoms with Gasteiger partial charge in [0.15, 0.2) is 5.69 Å². The Labute approximate surface area is 210 Å². The molecular weight excluding hydrogens is 458 g/mol. The largest absolute Gasteiger partial charge is 0.339 e. The zero-order valence-corrected chi connectivity index (χ0v) is 20.8. The number of rotatable bonds is 5. The summed E-state index contributed by atoms with van der Waals surface area (Å²) in [5.41, 5.74) is 0.409. The molecule has 5 rings (SSSR count). The first-order valence-electron chi connectivity index (χ1n) is 12.4. The molecule has 1 aromatic heterocycles. The zero-order valence-electron chi connectivity index (χ0n) is 20.8. The molecule has 2 aliphatic heterocycles. The fourth-order valence-electron chi connectivity index (χ4n) is 5.44. The van der Waals surface area contributed by atoms with Crippen LogP contribution in [0, 0.1) is 16.7 Å². The first kappa shape index (κ1) is 24.0. The molecule has 1 saturated carbocycles. The Morgan fingerprint density at radius 3 is 2.72 bits per heavy atom. The van der Waals surface area contributed by atoms with E-state index in [1.807, 2.05) is 45.0 Å². The van der Waals surface area contributed by atoms with Crippen molar-refractivity contribution in [1.29, 1.82) is 5.26 Å². The number of anilines is 1. The first-order chi connectivity index (χ1) is 17.1. The second-order valence-corrected chi connectivity index (χ2v) is 11.4. The Morgan fingerprint density at radius 1 is 1.31 bits per heavy atom. The minimum atomic E-state index is -0.978. The fraction of sp³-hybridized carbons (Fsp3) is 0.538. The lowest BCUT2D eigenvalue weighted by Crippen LogP contribution is -2.52. The van der Waals surface area contributed by atoms with Gasteiger partial charge in [-0.3, -0.25) is 14.4 Å². The highest BCUT2D eigenvalue weighted by Gasteiger charge is 2.56. The normalized spacial score (nSPS) is 24.1. The molecule has 1 spiro atoms. The predicted octanol–water partition coefficient (Wildman–Crippen LogP) is 2.55. The van der Waals surface area contributed by atoms with Crippen molar-refractivity contribution in [2.75, 3.05) is 11.9 Å². The molecule has 0 radical (unpaired) electrons. The van der Waals surface area contributed by atoms with Crippen LogP contribution >= 0.6 is 0 Å². The molecular formula is C26H31N7O3. The zero-order chi connectivity index (χ0) is 25.7. The number of carbonyl (C=O) groups excluding carboxylic acids is 3. The van der Waals surface area contributed by atoms with Crippen molar-refractivity contribution in [3.05, 3.63) is 41.7 Å². The monoisotopic (exact) mass is 489 g/mol. The number of benzene rings is 1. The highest BCUT2D eigenvalue weighted by atomic mass is 16.2. The summed E-state index contributed by atoms with van der Waals surface area (Å²) >= 11 is 0. The van der Waals surface area contributed by atoms with Crippen LogP contribution in [0.15, 0.2) is 30.5 Å². The average molecular weight is 490 g/mol. The van der Waals surface area contributed by atoms with Gasteiger partial charge in [-0.25, -0.2) is 4.68 Å². The van der Waals surface area contributed by atoms with Crippen LogP contribution in [-0.4, -0.2) is 56.2 Å². The topological polar surface area (TPSA) is 133 Å². The van der Waals surface area contributed by atoms with E-state index in [9.17, 15) is 19.6 Å². The highest BCUT2D eigenvalue weighted by Crippen LogP contribution is 2.46. The molecule has 0 bridgehead atoms. The summed E-state index contributed by atoms with van der Waals surface area (Å²) in [5, 5.41) is 23.8. The molecule has 10 nitrogen and oxygen atoms in total. The fourth-order valence-corrected chi connectivity index (χ4v) is 5.44. The van der Waals surface area contributed by atoms with E-state index in [4.69, 9.17) is 0 Å². The quantitative estimate of drug-likeness (QED) is 0.663. The molecule has 3 heterocycles. The van der Waals surface area contributed by atoms with Crippen LogP contribution < -0.4 is 10.6 Å². The van der Waals surface area contributed by atoms with Crippen LogP contribution in [0.4, 0.5) is 5.69 Å². The maximum Gasteiger partial charge on any atom is 0.274 e. The molecule has 188 valence electrons. The van der Waals surface area contributed by atoms with E-state index in [1.54, 1.807) is 10.9 Å². The van der Waals surface area contributed by atoms with Crippen LogP contribution in [0.25, 0.3) is 0 Å². The van der Waals surface area contributed by atoms with Crippen molar-refractivity contribution in [3.63, 3.8) is 0 Å². The van der Waals surface area contributed by atoms with Gasteiger partial charge in [0.25, 0.3) is 5.91 Å². The molecule has 2 aromatic rings. The maximum atomic E-state index is 13.9. The van der Waals surface area contributed by atoms with Gasteiger partial charge in [0, 0.05) is 18.7 Å². The molecule has 2 N–H and O–H groups in total. The Morgan fingerprint density at radius 2 is 2.06 bits per heavy atom. The number of nitrogens with zero attached hydrogens (tertiary/aromatic N) is 5. The number of likely N-dealkylation sites (tertiary alicyclic amines) is 1. The van der Waals surface area contributed by atoms with E-state index in [0.717, 1.165) is 24.8 Å². The third-order valence-corrected chi connectivity index (χ3v) is 7.53. The van der Waals surface area contributed by atoms with Crippen molar-refractivity contribution in [1.82, 2.24) is 25.2 Å². The number of hydrogen-bond acceptors (Lipinski definition) is 6. The Hall–Kier alpha value is -3.74. The minimum absolute atomic E-state index is 0.0846. The van der Waals surface area contributed by atoms with Crippen LogP contribution in [0.2, 0.25) is 0 Å². The number of amides is 3. The number of fused-ring (bicyclic) bond motifs is 2. The molecule has 1 aliphatic carbocycles. The van der Waals surface area contributed by atoms with Gasteiger partial charge in [0.1, 0.15) is 12.1 Å². The van der Waals surface area contributed by atoms with Gasteiger partial charge in [-0.15, -0.1) is 5.10 Å². The molecule has 36 heavy (non-hydrogen) atoms. The summed E-state index contributed by atoms with van der Waals surface area (Å²) in [4.78, 5) is 41.5. The molecule has 1 saturated heterocycles. The van der Waals surface area contributed by atoms with Crippen LogP contribution in [0.3, 0.4) is 0 Å². The van der Waals surface area contributed by atoms with Crippen LogP contribution in [0.1, 0.15) is 75.0 Å². The lowest BCUT2D eigenvalue weighted by molar-refractivity contribution is -0.134. The molecule has 1 aromatic carbocycles. The van der Waals surface area contributed by atoms with Gasteiger partial charge in [-0.1, -0.05) is 44.2 Å². The van der Waals surface area contributed by atoms with E-state index >= 15 is 0 Å². The average Bonchev–Trinajstić information content (AvgIpc) is 3.48. The summed E-state index contributed by atoms with van der Waals surface area (Å²) in [5.74, 6) is -1.05. The lowest BCUT2D eigenvalue weighted by Gasteiger charge is -2.31. The third-order valence-electron chi connectivity index (χ3n) is 7.53. The molecule has 2 fully saturated rings.